The van der Waals surface area contributed by atoms with E-state index in [-0.39, 0.29) is 49.6 Å². The van der Waals surface area contributed by atoms with Crippen LogP contribution in [0.3, 0.4) is 0 Å². The molecule has 49 heavy (non-hydrogen) atoms. The van der Waals surface area contributed by atoms with Gasteiger partial charge in [0.05, 0.1) is 29.2 Å². The molecule has 2 aromatic heterocycles. The van der Waals surface area contributed by atoms with Gasteiger partial charge in [-0.15, -0.1) is 0 Å². The van der Waals surface area contributed by atoms with E-state index in [9.17, 15) is 19.5 Å². The summed E-state index contributed by atoms with van der Waals surface area (Å²) in [5, 5.41) is 13.1. The van der Waals surface area contributed by atoms with Crippen molar-refractivity contribution in [1.29, 1.82) is 0 Å². The van der Waals surface area contributed by atoms with E-state index < -0.39 is 11.5 Å². The third-order valence-electron chi connectivity index (χ3n) is 8.51. The number of pyridine rings is 1. The lowest BCUT2D eigenvalue weighted by Crippen LogP contribution is -2.47. The molecule has 1 unspecified atom stereocenters. The van der Waals surface area contributed by atoms with Crippen LogP contribution in [0, 0.1) is 6.92 Å². The monoisotopic (exact) mass is 723 g/mol. The molecule has 3 heterocycles. The molecule has 252 valence electrons. The number of nitrogens with zero attached hydrogens (tertiary/aromatic N) is 4. The van der Waals surface area contributed by atoms with Crippen molar-refractivity contribution in [3.05, 3.63) is 134 Å². The predicted octanol–water partition coefficient (Wildman–Crippen LogP) is 5.90. The molecular weight excluding hydrogens is 686 g/mol. The number of carbonyl (C=O) groups is 2. The molecule has 10 nitrogen and oxygen atoms in total. The first-order chi connectivity index (χ1) is 23.4. The Morgan fingerprint density at radius 1 is 1.04 bits per heavy atom. The number of carbonyl (C=O) groups excluding carboxylic acids is 2. The molecule has 0 saturated carbocycles. The summed E-state index contributed by atoms with van der Waals surface area (Å²) < 4.78 is 9.62. The fourth-order valence-electron chi connectivity index (χ4n) is 5.96. The minimum Gasteiger partial charge on any atom is -0.491 e. The number of amides is 2. The summed E-state index contributed by atoms with van der Waals surface area (Å²) >= 11 is 3.50. The largest absolute Gasteiger partial charge is 0.491 e. The summed E-state index contributed by atoms with van der Waals surface area (Å²) in [6, 6.07) is 25.3. The van der Waals surface area contributed by atoms with Gasteiger partial charge in [-0.05, 0) is 93.4 Å². The number of aryl methyl sites for hydroxylation is 1. The highest BCUT2D eigenvalue weighted by atomic mass is 79.9. The van der Waals surface area contributed by atoms with Crippen LogP contribution in [0.25, 0.3) is 16.9 Å². The smallest absolute Gasteiger partial charge is 0.333 e. The van der Waals surface area contributed by atoms with Gasteiger partial charge in [-0.25, -0.2) is 4.79 Å². The first-order valence-electron chi connectivity index (χ1n) is 16.1. The van der Waals surface area contributed by atoms with E-state index >= 15 is 0 Å². The van der Waals surface area contributed by atoms with Gasteiger partial charge in [0, 0.05) is 40.9 Å². The van der Waals surface area contributed by atoms with E-state index in [1.807, 2.05) is 68.4 Å². The van der Waals surface area contributed by atoms with Crippen LogP contribution in [0.1, 0.15) is 58.4 Å². The molecule has 0 fully saturated rings. The summed E-state index contributed by atoms with van der Waals surface area (Å²) in [4.78, 5) is 48.5. The number of hydrogen-bond donors (Lipinski definition) is 2. The Labute approximate surface area is 293 Å². The minimum absolute atomic E-state index is 0.0669. The second kappa shape index (κ2) is 13.9. The van der Waals surface area contributed by atoms with E-state index in [4.69, 9.17) is 4.74 Å². The quantitative estimate of drug-likeness (QED) is 0.196. The highest BCUT2D eigenvalue weighted by Gasteiger charge is 2.35. The number of ether oxygens (including phenoxy) is 1. The first-order valence-corrected chi connectivity index (χ1v) is 16.9. The number of rotatable bonds is 9. The maximum Gasteiger partial charge on any atom is 0.333 e. The van der Waals surface area contributed by atoms with Crippen molar-refractivity contribution >= 4 is 27.7 Å². The number of imidazole rings is 1. The standard InChI is InChI=1S/C38H38BrN5O5/c1-24-19-26(12-17-31(24)39)36(46)42-22-33-34(35(45)41-20-27-9-5-6-10-30(27)32-11-7-8-18-40-32)44(37(47)43(33)21-25(42)2)28-13-15-29(16-14-28)49-23-38(3,4)48/h5-19,25,48H,20-23H2,1-4H3,(H,41,45). The van der Waals surface area contributed by atoms with Gasteiger partial charge in [-0.2, -0.15) is 0 Å². The maximum atomic E-state index is 14.3. The van der Waals surface area contributed by atoms with Crippen LogP contribution in [0.15, 0.2) is 100 Å². The highest BCUT2D eigenvalue weighted by Crippen LogP contribution is 2.27. The van der Waals surface area contributed by atoms with Gasteiger partial charge in [0.1, 0.15) is 18.1 Å². The van der Waals surface area contributed by atoms with Gasteiger partial charge in [0.25, 0.3) is 11.8 Å². The Balaban J connectivity index is 1.38. The van der Waals surface area contributed by atoms with Crippen molar-refractivity contribution < 1.29 is 19.4 Å². The summed E-state index contributed by atoms with van der Waals surface area (Å²) in [7, 11) is 0. The molecule has 3 aromatic carbocycles. The van der Waals surface area contributed by atoms with Gasteiger partial charge in [0.15, 0.2) is 0 Å². The number of aromatic nitrogens is 3. The molecule has 0 aliphatic carbocycles. The Morgan fingerprint density at radius 3 is 2.47 bits per heavy atom. The lowest BCUT2D eigenvalue weighted by molar-refractivity contribution is 0.0285. The predicted molar refractivity (Wildman–Crippen MR) is 191 cm³/mol. The molecule has 2 amide bonds. The van der Waals surface area contributed by atoms with Gasteiger partial charge in [0.2, 0.25) is 0 Å². The summed E-state index contributed by atoms with van der Waals surface area (Å²) in [5.74, 6) is -0.126. The van der Waals surface area contributed by atoms with Crippen molar-refractivity contribution in [3.63, 3.8) is 0 Å². The molecule has 5 aromatic rings. The van der Waals surface area contributed by atoms with Gasteiger partial charge >= 0.3 is 5.69 Å². The Morgan fingerprint density at radius 2 is 1.78 bits per heavy atom. The van der Waals surface area contributed by atoms with E-state index in [0.29, 0.717) is 22.7 Å². The summed E-state index contributed by atoms with van der Waals surface area (Å²) in [5.41, 5.74) is 3.66. The molecule has 0 radical (unpaired) electrons. The van der Waals surface area contributed by atoms with Crippen LogP contribution >= 0.6 is 15.9 Å². The number of halogens is 1. The molecular formula is C38H38BrN5O5. The van der Waals surface area contributed by atoms with Crippen LogP contribution in [0.5, 0.6) is 5.75 Å². The van der Waals surface area contributed by atoms with E-state index in [1.165, 1.54) is 4.57 Å². The van der Waals surface area contributed by atoms with Crippen LogP contribution in [0.4, 0.5) is 0 Å². The first kappa shape index (κ1) is 33.9. The van der Waals surface area contributed by atoms with Crippen molar-refractivity contribution in [2.24, 2.45) is 0 Å². The summed E-state index contributed by atoms with van der Waals surface area (Å²) in [6.45, 7) is 7.69. The third kappa shape index (κ3) is 7.23. The lowest BCUT2D eigenvalue weighted by atomic mass is 10.0. The Kier molecular flexibility index (Phi) is 9.58. The Bertz CT molecular complexity index is 2070. The fraction of sp³-hybridized carbons (Fsp3) is 0.263. The molecule has 11 heteroatoms. The minimum atomic E-state index is -1.02. The molecule has 1 aliphatic rings. The normalized spacial score (nSPS) is 14.3. The molecule has 0 saturated heterocycles. The number of nitrogens with one attached hydrogen (secondary N) is 1. The lowest BCUT2D eigenvalue weighted by Gasteiger charge is -2.34. The molecule has 2 N–H and O–H groups in total. The number of benzene rings is 3. The molecule has 0 spiro atoms. The summed E-state index contributed by atoms with van der Waals surface area (Å²) in [6.07, 6.45) is 1.72. The number of fused-ring (bicyclic) bond motifs is 1. The zero-order valence-corrected chi connectivity index (χ0v) is 29.4. The van der Waals surface area contributed by atoms with Gasteiger partial charge < -0.3 is 20.1 Å². The zero-order valence-electron chi connectivity index (χ0n) is 27.8. The average molecular weight is 725 g/mol. The second-order valence-corrected chi connectivity index (χ2v) is 13.8. The zero-order chi connectivity index (χ0) is 34.9. The molecule has 6 rings (SSSR count). The van der Waals surface area contributed by atoms with Crippen molar-refractivity contribution in [1.82, 2.24) is 24.3 Å². The second-order valence-electron chi connectivity index (χ2n) is 12.9. The fourth-order valence-corrected chi connectivity index (χ4v) is 6.21. The average Bonchev–Trinajstić information content (AvgIpc) is 3.38. The Hall–Kier alpha value is -5.00. The molecule has 1 aliphatic heterocycles. The van der Waals surface area contributed by atoms with E-state index in [2.05, 4.69) is 26.2 Å². The van der Waals surface area contributed by atoms with Gasteiger partial charge in [-0.3, -0.25) is 23.7 Å². The topological polar surface area (TPSA) is 119 Å². The van der Waals surface area contributed by atoms with Crippen LogP contribution in [-0.2, 0) is 19.6 Å². The van der Waals surface area contributed by atoms with E-state index in [0.717, 1.165) is 26.9 Å². The van der Waals surface area contributed by atoms with Crippen molar-refractivity contribution in [3.8, 4) is 22.7 Å². The van der Waals surface area contributed by atoms with E-state index in [1.54, 1.807) is 59.8 Å². The number of aliphatic hydroxyl groups is 1. The van der Waals surface area contributed by atoms with Crippen LogP contribution < -0.4 is 15.7 Å². The molecule has 1 atom stereocenters. The van der Waals surface area contributed by atoms with Crippen LogP contribution in [0.2, 0.25) is 0 Å². The maximum absolute atomic E-state index is 14.3. The van der Waals surface area contributed by atoms with Gasteiger partial charge in [-0.1, -0.05) is 46.3 Å². The SMILES string of the molecule is Cc1cc(C(=O)N2Cc3c(C(=O)NCc4ccccc4-c4ccccn4)n(-c4ccc(OCC(C)(C)O)cc4)c(=O)n3CC2C)ccc1Br. The number of hydrogen-bond acceptors (Lipinski definition) is 6. The van der Waals surface area contributed by atoms with Crippen molar-refractivity contribution in [2.45, 2.75) is 59.0 Å². The van der Waals surface area contributed by atoms with Crippen molar-refractivity contribution in [2.75, 3.05) is 6.61 Å². The highest BCUT2D eigenvalue weighted by molar-refractivity contribution is 9.10. The van der Waals surface area contributed by atoms with Crippen LogP contribution in [-0.4, -0.2) is 54.2 Å². The molecule has 0 bridgehead atoms. The third-order valence-corrected chi connectivity index (χ3v) is 9.40.